The minimum absolute atomic E-state index is 0.0971. The van der Waals surface area contributed by atoms with E-state index in [-0.39, 0.29) is 5.75 Å². The van der Waals surface area contributed by atoms with E-state index in [2.05, 4.69) is 26.0 Å². The molecule has 0 aliphatic carbocycles. The molecule has 0 amide bonds. The highest BCUT2D eigenvalue weighted by Gasteiger charge is 2.18. The number of fused-ring (bicyclic) bond motifs is 1. The zero-order valence-corrected chi connectivity index (χ0v) is 12.5. The molecule has 4 nitrogen and oxygen atoms in total. The van der Waals surface area contributed by atoms with Crippen molar-refractivity contribution in [1.82, 2.24) is 14.8 Å². The maximum absolute atomic E-state index is 12.8. The molecule has 0 unspecified atom stereocenters. The number of rotatable bonds is 3. The lowest BCUT2D eigenvalue weighted by Gasteiger charge is -2.13. The molecule has 0 aliphatic heterocycles. The molecule has 3 rings (SSSR count). The van der Waals surface area contributed by atoms with Crippen molar-refractivity contribution in [3.05, 3.63) is 41.1 Å². The molecule has 0 radical (unpaired) electrons. The zero-order chi connectivity index (χ0) is 15.0. The lowest BCUT2D eigenvalue weighted by atomic mass is 10.1. The number of aryl methyl sites for hydroxylation is 1. The maximum atomic E-state index is 12.8. The van der Waals surface area contributed by atoms with Gasteiger partial charge < -0.3 is 4.74 Å². The Morgan fingerprint density at radius 2 is 2.10 bits per heavy atom. The van der Waals surface area contributed by atoms with Gasteiger partial charge in [0.25, 0.3) is 0 Å². The molecule has 0 bridgehead atoms. The van der Waals surface area contributed by atoms with Crippen LogP contribution in [0.4, 0.5) is 8.78 Å². The Hall–Kier alpha value is -2.02. The number of halogens is 3. The summed E-state index contributed by atoms with van der Waals surface area (Å²) in [5.74, 6) is 0.0971. The molecule has 0 spiro atoms. The van der Waals surface area contributed by atoms with Crippen LogP contribution in [0.5, 0.6) is 5.75 Å². The fourth-order valence-electron chi connectivity index (χ4n) is 2.18. The molecule has 2 aromatic heterocycles. The highest BCUT2D eigenvalue weighted by Crippen LogP contribution is 2.37. The molecule has 0 N–H and O–H groups in total. The van der Waals surface area contributed by atoms with Crippen molar-refractivity contribution >= 4 is 26.8 Å². The first-order valence-electron chi connectivity index (χ1n) is 6.07. The Kier molecular flexibility index (Phi) is 3.59. The highest BCUT2D eigenvalue weighted by atomic mass is 79.9. The second kappa shape index (κ2) is 5.40. The van der Waals surface area contributed by atoms with E-state index in [9.17, 15) is 8.78 Å². The predicted octanol–water partition coefficient (Wildman–Crippen LogP) is 4.00. The fourth-order valence-corrected chi connectivity index (χ4v) is 2.54. The number of hydrogen-bond acceptors (Lipinski definition) is 3. The van der Waals surface area contributed by atoms with Crippen molar-refractivity contribution in [3.63, 3.8) is 0 Å². The summed E-state index contributed by atoms with van der Waals surface area (Å²) in [7, 11) is 1.73. The molecule has 0 fully saturated rings. The van der Waals surface area contributed by atoms with Gasteiger partial charge in [-0.3, -0.25) is 9.67 Å². The second-order valence-electron chi connectivity index (χ2n) is 4.38. The van der Waals surface area contributed by atoms with Crippen LogP contribution in [0.25, 0.3) is 22.2 Å². The van der Waals surface area contributed by atoms with Gasteiger partial charge in [-0.2, -0.15) is 13.9 Å². The molecule has 1 aromatic carbocycles. The monoisotopic (exact) mass is 353 g/mol. The van der Waals surface area contributed by atoms with Crippen LogP contribution in [0.15, 0.2) is 41.1 Å². The third-order valence-electron chi connectivity index (χ3n) is 3.08. The Labute approximate surface area is 127 Å². The summed E-state index contributed by atoms with van der Waals surface area (Å²) in [6.07, 6.45) is 3.11. The first kappa shape index (κ1) is 13.9. The molecule has 0 aliphatic rings. The maximum Gasteiger partial charge on any atom is 0.387 e. The van der Waals surface area contributed by atoms with E-state index in [1.165, 1.54) is 6.20 Å². The molecule has 108 valence electrons. The van der Waals surface area contributed by atoms with Gasteiger partial charge >= 0.3 is 6.61 Å². The molecule has 21 heavy (non-hydrogen) atoms. The molecule has 3 aromatic rings. The second-order valence-corrected chi connectivity index (χ2v) is 5.30. The first-order valence-corrected chi connectivity index (χ1v) is 6.87. The summed E-state index contributed by atoms with van der Waals surface area (Å²) in [6.45, 7) is -2.92. The molecule has 0 atom stereocenters. The number of aromatic nitrogens is 3. The van der Waals surface area contributed by atoms with Crippen molar-refractivity contribution in [1.29, 1.82) is 0 Å². The van der Waals surface area contributed by atoms with Crippen molar-refractivity contribution in [2.45, 2.75) is 6.61 Å². The quantitative estimate of drug-likeness (QED) is 0.714. The average molecular weight is 354 g/mol. The summed E-state index contributed by atoms with van der Waals surface area (Å²) in [5.41, 5.74) is 1.71. The Morgan fingerprint density at radius 1 is 1.29 bits per heavy atom. The minimum Gasteiger partial charge on any atom is -0.433 e. The number of alkyl halides is 2. The predicted molar refractivity (Wildman–Crippen MR) is 78.3 cm³/mol. The van der Waals surface area contributed by atoms with Gasteiger partial charge in [0.1, 0.15) is 5.75 Å². The van der Waals surface area contributed by atoms with Crippen LogP contribution in [-0.4, -0.2) is 21.4 Å². The van der Waals surface area contributed by atoms with Crippen LogP contribution >= 0.6 is 15.9 Å². The van der Waals surface area contributed by atoms with Crippen molar-refractivity contribution in [2.24, 2.45) is 7.05 Å². The van der Waals surface area contributed by atoms with Crippen molar-refractivity contribution in [3.8, 4) is 17.0 Å². The van der Waals surface area contributed by atoms with Gasteiger partial charge in [0, 0.05) is 29.3 Å². The first-order chi connectivity index (χ1) is 10.1. The number of benzene rings is 1. The molecule has 2 heterocycles. The normalized spacial score (nSPS) is 11.3. The standard InChI is InChI=1S/C14H10BrF2N3O/c1-20-12(4-5-19-20)10-7-18-11-3-2-8(15)6-9(11)13(10)21-14(16)17/h2-7,14H,1H3. The van der Waals surface area contributed by atoms with Crippen LogP contribution in [0.1, 0.15) is 0 Å². The largest absolute Gasteiger partial charge is 0.433 e. The Balaban J connectivity index is 2.31. The van der Waals surface area contributed by atoms with E-state index in [0.717, 1.165) is 4.47 Å². The molecular weight excluding hydrogens is 344 g/mol. The number of pyridine rings is 1. The zero-order valence-electron chi connectivity index (χ0n) is 10.9. The van der Waals surface area contributed by atoms with Crippen LogP contribution in [0, 0.1) is 0 Å². The van der Waals surface area contributed by atoms with Gasteiger partial charge in [-0.1, -0.05) is 15.9 Å². The van der Waals surface area contributed by atoms with E-state index < -0.39 is 6.61 Å². The van der Waals surface area contributed by atoms with Gasteiger partial charge in [0.2, 0.25) is 0 Å². The van der Waals surface area contributed by atoms with E-state index in [1.807, 2.05) is 0 Å². The van der Waals surface area contributed by atoms with Gasteiger partial charge in [-0.15, -0.1) is 0 Å². The summed E-state index contributed by atoms with van der Waals surface area (Å²) in [4.78, 5) is 4.30. The smallest absolute Gasteiger partial charge is 0.387 e. The fraction of sp³-hybridized carbons (Fsp3) is 0.143. The third kappa shape index (κ3) is 2.61. The number of ether oxygens (including phenoxy) is 1. The molecule has 0 saturated carbocycles. The lowest BCUT2D eigenvalue weighted by Crippen LogP contribution is -2.05. The molecular formula is C14H10BrF2N3O. The summed E-state index contributed by atoms with van der Waals surface area (Å²) < 4.78 is 32.7. The van der Waals surface area contributed by atoms with Gasteiger partial charge in [0.15, 0.2) is 0 Å². The number of nitrogens with zero attached hydrogens (tertiary/aromatic N) is 3. The average Bonchev–Trinajstić information content (AvgIpc) is 2.85. The van der Waals surface area contributed by atoms with E-state index in [4.69, 9.17) is 4.74 Å². The van der Waals surface area contributed by atoms with Crippen LogP contribution in [-0.2, 0) is 7.05 Å². The van der Waals surface area contributed by atoms with E-state index >= 15 is 0 Å². The molecule has 0 saturated heterocycles. The van der Waals surface area contributed by atoms with E-state index in [0.29, 0.717) is 22.2 Å². The summed E-state index contributed by atoms with van der Waals surface area (Å²) in [6, 6.07) is 6.97. The Bertz CT molecular complexity index is 804. The van der Waals surface area contributed by atoms with Gasteiger partial charge in [-0.05, 0) is 24.3 Å². The lowest BCUT2D eigenvalue weighted by molar-refractivity contribution is -0.0484. The van der Waals surface area contributed by atoms with Crippen LogP contribution < -0.4 is 4.74 Å². The molecule has 7 heteroatoms. The summed E-state index contributed by atoms with van der Waals surface area (Å²) in [5, 5.41) is 4.56. The number of hydrogen-bond donors (Lipinski definition) is 0. The highest BCUT2D eigenvalue weighted by molar-refractivity contribution is 9.10. The van der Waals surface area contributed by atoms with E-state index in [1.54, 1.807) is 42.2 Å². The SMILES string of the molecule is Cn1nccc1-c1cnc2ccc(Br)cc2c1OC(F)F. The minimum atomic E-state index is -2.92. The van der Waals surface area contributed by atoms with Crippen molar-refractivity contribution < 1.29 is 13.5 Å². The van der Waals surface area contributed by atoms with Gasteiger partial charge in [0.05, 0.1) is 16.8 Å². The van der Waals surface area contributed by atoms with Crippen molar-refractivity contribution in [2.75, 3.05) is 0 Å². The third-order valence-corrected chi connectivity index (χ3v) is 3.58. The Morgan fingerprint density at radius 3 is 2.76 bits per heavy atom. The summed E-state index contributed by atoms with van der Waals surface area (Å²) >= 11 is 3.33. The van der Waals surface area contributed by atoms with Crippen LogP contribution in [0.3, 0.4) is 0 Å². The van der Waals surface area contributed by atoms with Crippen LogP contribution in [0.2, 0.25) is 0 Å². The topological polar surface area (TPSA) is 39.9 Å². The van der Waals surface area contributed by atoms with Gasteiger partial charge in [-0.25, -0.2) is 0 Å².